The maximum absolute atomic E-state index is 4.04. The van der Waals surface area contributed by atoms with Gasteiger partial charge < -0.3 is 10.2 Å². The zero-order valence-electron chi connectivity index (χ0n) is 12.7. The first-order valence-electron chi connectivity index (χ1n) is 7.49. The van der Waals surface area contributed by atoms with Gasteiger partial charge in [-0.3, -0.25) is 4.98 Å². The number of rotatable bonds is 10. The molecule has 1 aromatic heterocycles. The molecule has 0 radical (unpaired) electrons. The summed E-state index contributed by atoms with van der Waals surface area (Å²) in [4.78, 5) is 6.47. The Morgan fingerprint density at radius 3 is 2.53 bits per heavy atom. The van der Waals surface area contributed by atoms with Crippen molar-refractivity contribution in [3.8, 4) is 0 Å². The van der Waals surface area contributed by atoms with Gasteiger partial charge in [0.15, 0.2) is 0 Å². The normalized spacial score (nSPS) is 11.4. The number of nitrogens with zero attached hydrogens (tertiary/aromatic N) is 2. The summed E-state index contributed by atoms with van der Waals surface area (Å²) in [6.07, 6.45) is 8.77. The van der Waals surface area contributed by atoms with Crippen molar-refractivity contribution in [2.45, 2.75) is 45.6 Å². The van der Waals surface area contributed by atoms with Crippen LogP contribution in [-0.2, 0) is 6.42 Å². The highest BCUT2D eigenvalue weighted by Crippen LogP contribution is 2.01. The van der Waals surface area contributed by atoms with Crippen molar-refractivity contribution in [2.75, 3.05) is 26.7 Å². The topological polar surface area (TPSA) is 28.2 Å². The maximum Gasteiger partial charge on any atom is 0.0270 e. The van der Waals surface area contributed by atoms with E-state index >= 15 is 0 Å². The van der Waals surface area contributed by atoms with Crippen molar-refractivity contribution in [1.29, 1.82) is 0 Å². The van der Waals surface area contributed by atoms with E-state index < -0.39 is 0 Å². The lowest BCUT2D eigenvalue weighted by atomic mass is 10.2. The molecule has 0 saturated heterocycles. The average Bonchev–Trinajstić information content (AvgIpc) is 2.41. The van der Waals surface area contributed by atoms with Gasteiger partial charge in [0.2, 0.25) is 0 Å². The number of nitrogens with one attached hydrogen (secondary N) is 1. The monoisotopic (exact) mass is 263 g/mol. The highest BCUT2D eigenvalue weighted by molar-refractivity contribution is 5.09. The molecule has 0 aliphatic carbocycles. The van der Waals surface area contributed by atoms with E-state index in [0.29, 0.717) is 6.04 Å². The van der Waals surface area contributed by atoms with Gasteiger partial charge in [0.1, 0.15) is 0 Å². The lowest BCUT2D eigenvalue weighted by Gasteiger charge is -2.16. The predicted molar refractivity (Wildman–Crippen MR) is 82.4 cm³/mol. The second-order valence-corrected chi connectivity index (χ2v) is 5.58. The summed E-state index contributed by atoms with van der Waals surface area (Å²) in [5, 5.41) is 3.46. The van der Waals surface area contributed by atoms with Gasteiger partial charge in [0, 0.05) is 25.0 Å². The van der Waals surface area contributed by atoms with E-state index in [-0.39, 0.29) is 0 Å². The van der Waals surface area contributed by atoms with Gasteiger partial charge in [0.25, 0.3) is 0 Å². The number of hydrogen-bond donors (Lipinski definition) is 1. The van der Waals surface area contributed by atoms with E-state index in [1.807, 2.05) is 12.4 Å². The highest BCUT2D eigenvalue weighted by Gasteiger charge is 1.99. The van der Waals surface area contributed by atoms with Gasteiger partial charge >= 0.3 is 0 Å². The SMILES string of the molecule is CC(C)NCCCCCN(C)CCc1ccncc1. The van der Waals surface area contributed by atoms with Gasteiger partial charge in [-0.25, -0.2) is 0 Å². The number of likely N-dealkylation sites (N-methyl/N-ethyl adjacent to an activating group) is 1. The van der Waals surface area contributed by atoms with Crippen molar-refractivity contribution in [3.63, 3.8) is 0 Å². The van der Waals surface area contributed by atoms with Gasteiger partial charge in [-0.2, -0.15) is 0 Å². The summed E-state index contributed by atoms with van der Waals surface area (Å²) in [6.45, 7) is 7.89. The Bertz CT molecular complexity index is 311. The van der Waals surface area contributed by atoms with Gasteiger partial charge in [-0.05, 0) is 57.1 Å². The molecular formula is C16H29N3. The maximum atomic E-state index is 4.04. The van der Waals surface area contributed by atoms with Gasteiger partial charge in [0.05, 0.1) is 0 Å². The Morgan fingerprint density at radius 1 is 1.11 bits per heavy atom. The summed E-state index contributed by atoms with van der Waals surface area (Å²) < 4.78 is 0. The third-order valence-corrected chi connectivity index (χ3v) is 3.30. The summed E-state index contributed by atoms with van der Waals surface area (Å²) in [5.74, 6) is 0. The lowest BCUT2D eigenvalue weighted by molar-refractivity contribution is 0.327. The molecule has 0 spiro atoms. The van der Waals surface area contributed by atoms with Crippen molar-refractivity contribution < 1.29 is 0 Å². The fourth-order valence-electron chi connectivity index (χ4n) is 2.06. The second kappa shape index (κ2) is 9.93. The first-order valence-corrected chi connectivity index (χ1v) is 7.49. The number of pyridine rings is 1. The minimum absolute atomic E-state index is 0.614. The molecule has 0 aliphatic rings. The summed E-state index contributed by atoms with van der Waals surface area (Å²) >= 11 is 0. The average molecular weight is 263 g/mol. The molecule has 0 aliphatic heterocycles. The molecule has 1 N–H and O–H groups in total. The van der Waals surface area contributed by atoms with Crippen molar-refractivity contribution in [2.24, 2.45) is 0 Å². The van der Waals surface area contributed by atoms with E-state index in [9.17, 15) is 0 Å². The van der Waals surface area contributed by atoms with Gasteiger partial charge in [-0.1, -0.05) is 20.3 Å². The summed E-state index contributed by atoms with van der Waals surface area (Å²) in [5.41, 5.74) is 1.38. The first kappa shape index (κ1) is 16.1. The van der Waals surface area contributed by atoms with Crippen molar-refractivity contribution in [3.05, 3.63) is 30.1 Å². The molecule has 0 aromatic carbocycles. The van der Waals surface area contributed by atoms with E-state index in [1.165, 1.54) is 31.4 Å². The predicted octanol–water partition coefficient (Wildman–Crippen LogP) is 2.72. The third kappa shape index (κ3) is 8.73. The van der Waals surface area contributed by atoms with Crippen LogP contribution in [0.5, 0.6) is 0 Å². The molecule has 1 aromatic rings. The minimum Gasteiger partial charge on any atom is -0.315 e. The van der Waals surface area contributed by atoms with Crippen LogP contribution in [0.4, 0.5) is 0 Å². The fourth-order valence-corrected chi connectivity index (χ4v) is 2.06. The quantitative estimate of drug-likeness (QED) is 0.658. The highest BCUT2D eigenvalue weighted by atomic mass is 15.1. The molecule has 0 saturated carbocycles. The Balaban J connectivity index is 1.98. The van der Waals surface area contributed by atoms with Crippen LogP contribution in [0.1, 0.15) is 38.7 Å². The zero-order valence-corrected chi connectivity index (χ0v) is 12.7. The summed E-state index contributed by atoms with van der Waals surface area (Å²) in [7, 11) is 2.22. The molecule has 19 heavy (non-hydrogen) atoms. The van der Waals surface area contributed by atoms with Crippen LogP contribution in [0.3, 0.4) is 0 Å². The molecule has 3 nitrogen and oxygen atoms in total. The van der Waals surface area contributed by atoms with Crippen LogP contribution >= 0.6 is 0 Å². The third-order valence-electron chi connectivity index (χ3n) is 3.30. The summed E-state index contributed by atoms with van der Waals surface area (Å²) in [6, 6.07) is 4.82. The lowest BCUT2D eigenvalue weighted by Crippen LogP contribution is -2.24. The Kier molecular flexibility index (Phi) is 8.43. The molecule has 1 heterocycles. The molecule has 0 fully saturated rings. The molecule has 108 valence electrons. The molecule has 0 unspecified atom stereocenters. The fraction of sp³-hybridized carbons (Fsp3) is 0.688. The van der Waals surface area contributed by atoms with Crippen LogP contribution in [0, 0.1) is 0 Å². The standard InChI is InChI=1S/C16H29N3/c1-15(2)18-10-5-4-6-13-19(3)14-9-16-7-11-17-12-8-16/h7-8,11-12,15,18H,4-6,9-10,13-14H2,1-3H3. The molecule has 0 bridgehead atoms. The van der Waals surface area contributed by atoms with Crippen molar-refractivity contribution >= 4 is 0 Å². The molecule has 0 amide bonds. The molecule has 0 atom stereocenters. The van der Waals surface area contributed by atoms with Crippen LogP contribution in [0.2, 0.25) is 0 Å². The smallest absolute Gasteiger partial charge is 0.0270 e. The van der Waals surface area contributed by atoms with E-state index in [2.05, 4.69) is 48.2 Å². The van der Waals surface area contributed by atoms with Crippen LogP contribution in [0.25, 0.3) is 0 Å². The van der Waals surface area contributed by atoms with Crippen LogP contribution in [-0.4, -0.2) is 42.6 Å². The zero-order chi connectivity index (χ0) is 13.9. The van der Waals surface area contributed by atoms with Crippen LogP contribution in [0.15, 0.2) is 24.5 Å². The van der Waals surface area contributed by atoms with E-state index in [0.717, 1.165) is 19.5 Å². The molecule has 1 rings (SSSR count). The van der Waals surface area contributed by atoms with E-state index in [4.69, 9.17) is 0 Å². The Morgan fingerprint density at radius 2 is 1.84 bits per heavy atom. The Labute approximate surface area is 118 Å². The largest absolute Gasteiger partial charge is 0.315 e. The van der Waals surface area contributed by atoms with E-state index in [1.54, 1.807) is 0 Å². The minimum atomic E-state index is 0.614. The first-order chi connectivity index (χ1) is 9.18. The Hall–Kier alpha value is -0.930. The molecular weight excluding hydrogens is 234 g/mol. The van der Waals surface area contributed by atoms with Crippen molar-refractivity contribution in [1.82, 2.24) is 15.2 Å². The van der Waals surface area contributed by atoms with Crippen LogP contribution < -0.4 is 5.32 Å². The number of unbranched alkanes of at least 4 members (excludes halogenated alkanes) is 2. The second-order valence-electron chi connectivity index (χ2n) is 5.58. The number of hydrogen-bond acceptors (Lipinski definition) is 3. The number of aromatic nitrogens is 1. The van der Waals surface area contributed by atoms with Gasteiger partial charge in [-0.15, -0.1) is 0 Å². The molecule has 3 heteroatoms.